The topological polar surface area (TPSA) is 154 Å². The smallest absolute Gasteiger partial charge is 0.433 e. The zero-order chi connectivity index (χ0) is 44.7. The number of phenolic OH excluding ortho intramolecular Hbond substituents is 1. The molecule has 2 fully saturated rings. The van der Waals surface area contributed by atoms with Crippen molar-refractivity contribution < 1.29 is 37.0 Å². The lowest BCUT2D eigenvalue weighted by molar-refractivity contribution is -0.141. The van der Waals surface area contributed by atoms with Gasteiger partial charge in [-0.15, -0.1) is 0 Å². The van der Waals surface area contributed by atoms with Gasteiger partial charge in [0.05, 0.1) is 49.5 Å². The summed E-state index contributed by atoms with van der Waals surface area (Å²) < 4.78 is 59.2. The molecule has 2 aromatic heterocycles. The number of aromatic hydroxyl groups is 1. The zero-order valence-electron chi connectivity index (χ0n) is 36.7. The van der Waals surface area contributed by atoms with Gasteiger partial charge in [0.15, 0.2) is 8.32 Å². The van der Waals surface area contributed by atoms with Crippen LogP contribution in [0.5, 0.6) is 5.75 Å². The first-order valence-corrected chi connectivity index (χ1v) is 24.4. The van der Waals surface area contributed by atoms with E-state index in [1.54, 1.807) is 19.2 Å². The number of aromatic nitrogens is 3. The normalized spacial score (nSPS) is 17.3. The van der Waals surface area contributed by atoms with Crippen LogP contribution >= 0.6 is 0 Å². The van der Waals surface area contributed by atoms with Crippen molar-refractivity contribution in [1.29, 1.82) is 0 Å². The minimum absolute atomic E-state index is 0.00264. The molecule has 17 heteroatoms. The zero-order valence-corrected chi connectivity index (χ0v) is 37.7. The van der Waals surface area contributed by atoms with E-state index >= 15 is 0 Å². The van der Waals surface area contributed by atoms with Gasteiger partial charge in [-0.05, 0) is 85.2 Å². The summed E-state index contributed by atoms with van der Waals surface area (Å²) in [4.78, 5) is 39.9. The first kappa shape index (κ1) is 47.1. The monoisotopic (exact) mass is 881 g/mol. The van der Waals surface area contributed by atoms with Gasteiger partial charge in [0.1, 0.15) is 11.4 Å². The van der Waals surface area contributed by atoms with E-state index in [0.29, 0.717) is 57.8 Å². The number of likely N-dealkylation sites (tertiary alicyclic amines) is 1. The highest BCUT2D eigenvalue weighted by atomic mass is 28.4. The van der Waals surface area contributed by atoms with Gasteiger partial charge < -0.3 is 39.5 Å². The molecule has 2 atom stereocenters. The van der Waals surface area contributed by atoms with Crippen LogP contribution in [0.4, 0.5) is 19.1 Å². The molecule has 0 bridgehead atoms. The lowest BCUT2D eigenvalue weighted by Crippen LogP contribution is -2.57. The van der Waals surface area contributed by atoms with Crippen molar-refractivity contribution in [2.45, 2.75) is 89.0 Å². The number of benzene rings is 2. The van der Waals surface area contributed by atoms with Crippen LogP contribution in [0.15, 0.2) is 65.6 Å². The first-order valence-electron chi connectivity index (χ1n) is 21.5. The van der Waals surface area contributed by atoms with Gasteiger partial charge in [-0.3, -0.25) is 14.5 Å². The molecule has 0 aliphatic carbocycles. The Morgan fingerprint density at radius 3 is 2.55 bits per heavy atom. The number of nitrogens with zero attached hydrogens (tertiary/aromatic N) is 4. The average molecular weight is 882 g/mol. The highest BCUT2D eigenvalue weighted by Crippen LogP contribution is 2.41. The molecule has 1 amide bonds. The Morgan fingerprint density at radius 2 is 1.82 bits per heavy atom. The van der Waals surface area contributed by atoms with Crippen molar-refractivity contribution in [3.63, 3.8) is 0 Å². The highest BCUT2D eigenvalue weighted by molar-refractivity contribution is 6.74. The van der Waals surface area contributed by atoms with Crippen LogP contribution in [0, 0.1) is 5.92 Å². The lowest BCUT2D eigenvalue weighted by Gasteiger charge is -2.47. The standard InChI is InChI=1S/C45H62F3N7O6Si/c1-43(2,3)62(5,6)61-37(34-10-12-36(56)40-35(34)11-13-39(57)53-40)27-50-19-14-33(41(58)49-4)29-59-24-16-31-8-7-9-32(26-31)28-54-21-17-44(18-22-54)30-55(23-25-60-44)42-51-20-15-38(52-42)45(46,47)48/h7-13,15,20,26,33,37,50,56H,14,16-19,21-25,27-30H2,1-6H3,(H,49,58)(H,53,57)/t33?,37-/m0/s1. The number of fused-ring (bicyclic) bond motifs is 1. The molecule has 0 saturated carbocycles. The van der Waals surface area contributed by atoms with Crippen molar-refractivity contribution in [3.05, 3.63) is 93.5 Å². The maximum atomic E-state index is 13.3. The van der Waals surface area contributed by atoms with Crippen LogP contribution in [-0.4, -0.2) is 111 Å². The van der Waals surface area contributed by atoms with Crippen molar-refractivity contribution in [2.75, 3.05) is 71.0 Å². The summed E-state index contributed by atoms with van der Waals surface area (Å²) >= 11 is 0. The molecule has 13 nitrogen and oxygen atoms in total. The predicted molar refractivity (Wildman–Crippen MR) is 236 cm³/mol. The van der Waals surface area contributed by atoms with Gasteiger partial charge >= 0.3 is 6.18 Å². The van der Waals surface area contributed by atoms with E-state index < -0.39 is 25.8 Å². The van der Waals surface area contributed by atoms with Crippen LogP contribution in [0.25, 0.3) is 10.9 Å². The summed E-state index contributed by atoms with van der Waals surface area (Å²) in [7, 11) is -0.623. The van der Waals surface area contributed by atoms with E-state index in [1.807, 2.05) is 11.0 Å². The number of alkyl halides is 3. The van der Waals surface area contributed by atoms with E-state index in [0.717, 1.165) is 61.3 Å². The number of morpholine rings is 1. The number of rotatable bonds is 17. The van der Waals surface area contributed by atoms with Crippen LogP contribution in [0.1, 0.15) is 68.5 Å². The third kappa shape index (κ3) is 12.0. The molecule has 1 spiro atoms. The third-order valence-electron chi connectivity index (χ3n) is 12.6. The van der Waals surface area contributed by atoms with E-state index in [9.17, 15) is 27.9 Å². The van der Waals surface area contributed by atoms with Crippen molar-refractivity contribution >= 4 is 31.1 Å². The summed E-state index contributed by atoms with van der Waals surface area (Å²) in [6.07, 6.45) is -0.990. The number of hydrogen-bond acceptors (Lipinski definition) is 11. The quantitative estimate of drug-likeness (QED) is 0.0673. The molecular weight excluding hydrogens is 820 g/mol. The summed E-state index contributed by atoms with van der Waals surface area (Å²) in [5.74, 6) is -0.368. The fraction of sp³-hybridized carbons (Fsp3) is 0.556. The summed E-state index contributed by atoms with van der Waals surface area (Å²) in [6.45, 7) is 16.3. The Balaban J connectivity index is 0.974. The molecule has 2 aromatic carbocycles. The molecule has 4 aromatic rings. The number of carbonyl (C=O) groups excluding carboxylic acids is 1. The maximum Gasteiger partial charge on any atom is 0.433 e. The predicted octanol–water partition coefficient (Wildman–Crippen LogP) is 6.58. The molecule has 6 rings (SSSR count). The Hall–Kier alpha value is -4.39. The number of pyridine rings is 1. The number of H-pyrrole nitrogens is 1. The number of carbonyl (C=O) groups is 1. The Morgan fingerprint density at radius 1 is 1.06 bits per heavy atom. The number of nitrogens with one attached hydrogen (secondary N) is 3. The molecule has 62 heavy (non-hydrogen) atoms. The van der Waals surface area contributed by atoms with Crippen molar-refractivity contribution in [2.24, 2.45) is 5.92 Å². The number of hydrogen-bond donors (Lipinski definition) is 4. The molecule has 1 unspecified atom stereocenters. The molecule has 338 valence electrons. The van der Waals surface area contributed by atoms with Crippen molar-refractivity contribution in [1.82, 2.24) is 30.5 Å². The van der Waals surface area contributed by atoms with E-state index in [4.69, 9.17) is 13.9 Å². The molecule has 4 heterocycles. The number of phenols is 1. The van der Waals surface area contributed by atoms with Crippen LogP contribution in [0.3, 0.4) is 0 Å². The van der Waals surface area contributed by atoms with Gasteiger partial charge in [0, 0.05) is 57.4 Å². The summed E-state index contributed by atoms with van der Waals surface area (Å²) in [5.41, 5.74) is 1.86. The Kier molecular flexibility index (Phi) is 15.2. The molecule has 2 aliphatic rings. The third-order valence-corrected chi connectivity index (χ3v) is 17.1. The largest absolute Gasteiger partial charge is 0.506 e. The van der Waals surface area contributed by atoms with Crippen LogP contribution < -0.4 is 21.1 Å². The second-order valence-corrected chi connectivity index (χ2v) is 22.8. The summed E-state index contributed by atoms with van der Waals surface area (Å²) in [5, 5.41) is 17.5. The van der Waals surface area contributed by atoms with Gasteiger partial charge in [-0.2, -0.15) is 13.2 Å². The minimum atomic E-state index is -4.53. The lowest BCUT2D eigenvalue weighted by atomic mass is 9.89. The number of piperidine rings is 1. The number of anilines is 1. The summed E-state index contributed by atoms with van der Waals surface area (Å²) in [6, 6.07) is 15.9. The first-order chi connectivity index (χ1) is 29.4. The van der Waals surface area contributed by atoms with E-state index in [2.05, 4.69) is 88.6 Å². The van der Waals surface area contributed by atoms with Crippen LogP contribution in [0.2, 0.25) is 18.1 Å². The van der Waals surface area contributed by atoms with E-state index in [-0.39, 0.29) is 46.8 Å². The number of ether oxygens (including phenoxy) is 2. The van der Waals surface area contributed by atoms with Crippen LogP contribution in [-0.2, 0) is 37.8 Å². The van der Waals surface area contributed by atoms with Crippen molar-refractivity contribution in [3.8, 4) is 5.75 Å². The van der Waals surface area contributed by atoms with Gasteiger partial charge in [-0.1, -0.05) is 51.1 Å². The molecular formula is C45H62F3N7O6Si. The number of aromatic amines is 1. The molecule has 4 N–H and O–H groups in total. The second kappa shape index (κ2) is 20.0. The fourth-order valence-electron chi connectivity index (χ4n) is 7.94. The second-order valence-electron chi connectivity index (χ2n) is 18.1. The van der Waals surface area contributed by atoms with Gasteiger partial charge in [-0.25, -0.2) is 9.97 Å². The van der Waals surface area contributed by atoms with Gasteiger partial charge in [0.25, 0.3) is 0 Å². The molecule has 2 aliphatic heterocycles. The Labute approximate surface area is 362 Å². The van der Waals surface area contributed by atoms with Gasteiger partial charge in [0.2, 0.25) is 17.4 Å². The molecule has 2 saturated heterocycles. The minimum Gasteiger partial charge on any atom is -0.506 e. The SMILES string of the molecule is CNC(=O)C(CCNC[C@H](O[Si](C)(C)C(C)(C)C)c1ccc(O)c2[nH]c(=O)ccc12)COCCc1cccc(CN2CCC3(CC2)CN(c2nccc(C(F)(F)F)n2)CCO3)c1. The highest BCUT2D eigenvalue weighted by Gasteiger charge is 2.42. The number of amides is 1. The molecule has 0 radical (unpaired) electrons. The maximum absolute atomic E-state index is 13.3. The number of halogens is 3. The average Bonchev–Trinajstić information content (AvgIpc) is 3.23. The van der Waals surface area contributed by atoms with E-state index in [1.165, 1.54) is 11.6 Å². The Bertz CT molecular complexity index is 2190. The fourth-order valence-corrected chi connectivity index (χ4v) is 9.22.